The number of guanidine groups is 1. The zero-order valence-electron chi connectivity index (χ0n) is 15.7. The first-order valence-corrected chi connectivity index (χ1v) is 8.74. The van der Waals surface area contributed by atoms with E-state index in [4.69, 9.17) is 4.74 Å². The van der Waals surface area contributed by atoms with Crippen LogP contribution < -0.4 is 10.6 Å². The van der Waals surface area contributed by atoms with E-state index in [2.05, 4.69) is 22.5 Å². The second-order valence-corrected chi connectivity index (χ2v) is 6.68. The van der Waals surface area contributed by atoms with Crippen molar-refractivity contribution >= 4 is 35.8 Å². The van der Waals surface area contributed by atoms with E-state index in [0.29, 0.717) is 5.41 Å². The monoisotopic (exact) mass is 454 g/mol. The zero-order chi connectivity index (χ0) is 17.1. The fourth-order valence-corrected chi connectivity index (χ4v) is 2.94. The number of amides is 1. The predicted molar refractivity (Wildman–Crippen MR) is 110 cm³/mol. The first-order chi connectivity index (χ1) is 11.0. The Morgan fingerprint density at radius 3 is 2.46 bits per heavy atom. The van der Waals surface area contributed by atoms with E-state index in [9.17, 15) is 4.79 Å². The summed E-state index contributed by atoms with van der Waals surface area (Å²) in [6.07, 6.45) is 7.16. The van der Waals surface area contributed by atoms with Crippen molar-refractivity contribution in [2.75, 3.05) is 47.4 Å². The molecule has 0 saturated heterocycles. The van der Waals surface area contributed by atoms with Gasteiger partial charge in [0.05, 0.1) is 0 Å². The first-order valence-electron chi connectivity index (χ1n) is 8.74. The molecule has 1 aliphatic rings. The summed E-state index contributed by atoms with van der Waals surface area (Å²) in [6.45, 7) is 4.84. The van der Waals surface area contributed by atoms with Crippen LogP contribution >= 0.6 is 24.0 Å². The highest BCUT2D eigenvalue weighted by atomic mass is 127. The van der Waals surface area contributed by atoms with Gasteiger partial charge in [-0.05, 0) is 31.1 Å². The van der Waals surface area contributed by atoms with Gasteiger partial charge in [-0.3, -0.25) is 4.79 Å². The Hall–Kier alpha value is -0.570. The summed E-state index contributed by atoms with van der Waals surface area (Å²) in [5.41, 5.74) is 0.302. The normalized spacial score (nSPS) is 16.4. The van der Waals surface area contributed by atoms with Gasteiger partial charge in [-0.25, -0.2) is 4.99 Å². The number of rotatable bonds is 9. The van der Waals surface area contributed by atoms with Gasteiger partial charge in [-0.1, -0.05) is 19.8 Å². The molecule has 0 aromatic heterocycles. The molecule has 0 aromatic carbocycles. The Morgan fingerprint density at radius 2 is 1.92 bits per heavy atom. The van der Waals surface area contributed by atoms with E-state index in [1.807, 2.05) is 0 Å². The highest BCUT2D eigenvalue weighted by Gasteiger charge is 2.33. The third kappa shape index (κ3) is 8.50. The van der Waals surface area contributed by atoms with Gasteiger partial charge >= 0.3 is 0 Å². The zero-order valence-corrected chi connectivity index (χ0v) is 18.0. The van der Waals surface area contributed by atoms with Gasteiger partial charge in [0.25, 0.3) is 0 Å². The number of hydrogen-bond donors (Lipinski definition) is 2. The molecule has 0 radical (unpaired) electrons. The van der Waals surface area contributed by atoms with Gasteiger partial charge in [0.15, 0.2) is 5.96 Å². The Labute approximate surface area is 164 Å². The molecule has 142 valence electrons. The molecule has 1 rings (SSSR count). The minimum Gasteiger partial charge on any atom is -0.385 e. The van der Waals surface area contributed by atoms with E-state index >= 15 is 0 Å². The molecule has 0 bridgehead atoms. The van der Waals surface area contributed by atoms with Gasteiger partial charge in [0.1, 0.15) is 6.54 Å². The lowest BCUT2D eigenvalue weighted by Gasteiger charge is -2.30. The minimum absolute atomic E-state index is 0. The van der Waals surface area contributed by atoms with Gasteiger partial charge in [0.2, 0.25) is 5.91 Å². The maximum Gasteiger partial charge on any atom is 0.243 e. The van der Waals surface area contributed by atoms with Crippen LogP contribution in [0.4, 0.5) is 0 Å². The van der Waals surface area contributed by atoms with Gasteiger partial charge in [-0.2, -0.15) is 0 Å². The Balaban J connectivity index is 0.00000529. The third-order valence-electron chi connectivity index (χ3n) is 4.55. The van der Waals surface area contributed by atoms with Crippen LogP contribution in [0.25, 0.3) is 0 Å². The average molecular weight is 454 g/mol. The van der Waals surface area contributed by atoms with Gasteiger partial charge in [0, 0.05) is 40.9 Å². The van der Waals surface area contributed by atoms with Crippen molar-refractivity contribution in [1.82, 2.24) is 15.5 Å². The van der Waals surface area contributed by atoms with Crippen molar-refractivity contribution in [3.8, 4) is 0 Å². The lowest BCUT2D eigenvalue weighted by molar-refractivity contribution is -0.127. The molecule has 1 amide bonds. The predicted octanol–water partition coefficient (Wildman–Crippen LogP) is 2.23. The van der Waals surface area contributed by atoms with Crippen LogP contribution in [0.1, 0.15) is 45.4 Å². The smallest absolute Gasteiger partial charge is 0.243 e. The number of likely N-dealkylation sites (N-methyl/N-ethyl adjacent to an activating group) is 1. The standard InChI is InChI=1S/C17H34N4O2.HI/c1-5-11-18-16(19-13-15(22)21(2)3)20-14-17(10-12-23-4)8-6-7-9-17;/h5-14H2,1-4H3,(H2,18,19,20);1H. The molecule has 1 saturated carbocycles. The van der Waals surface area contributed by atoms with Crippen molar-refractivity contribution in [2.45, 2.75) is 45.4 Å². The third-order valence-corrected chi connectivity index (χ3v) is 4.55. The molecular weight excluding hydrogens is 419 g/mol. The quantitative estimate of drug-likeness (QED) is 0.319. The summed E-state index contributed by atoms with van der Waals surface area (Å²) < 4.78 is 5.28. The summed E-state index contributed by atoms with van der Waals surface area (Å²) in [5, 5.41) is 6.75. The summed E-state index contributed by atoms with van der Waals surface area (Å²) in [7, 11) is 5.27. The summed E-state index contributed by atoms with van der Waals surface area (Å²) in [6, 6.07) is 0. The lowest BCUT2D eigenvalue weighted by atomic mass is 9.83. The largest absolute Gasteiger partial charge is 0.385 e. The number of aliphatic imine (C=N–C) groups is 1. The SMILES string of the molecule is CCCNC(=NCC(=O)N(C)C)NCC1(CCOC)CCCC1.I. The van der Waals surface area contributed by atoms with E-state index in [0.717, 1.165) is 38.5 Å². The average Bonchev–Trinajstić information content (AvgIpc) is 3.01. The van der Waals surface area contributed by atoms with Crippen LogP contribution in [0.15, 0.2) is 4.99 Å². The first kappa shape index (κ1) is 23.4. The van der Waals surface area contributed by atoms with Crippen LogP contribution in [0.5, 0.6) is 0 Å². The lowest BCUT2D eigenvalue weighted by Crippen LogP contribution is -2.44. The molecular formula is C17H35IN4O2. The van der Waals surface area contributed by atoms with Crippen LogP contribution in [0.3, 0.4) is 0 Å². The van der Waals surface area contributed by atoms with Crippen LogP contribution in [0.2, 0.25) is 0 Å². The second-order valence-electron chi connectivity index (χ2n) is 6.68. The van der Waals surface area contributed by atoms with E-state index in [1.54, 1.807) is 26.1 Å². The number of carbonyl (C=O) groups is 1. The van der Waals surface area contributed by atoms with Gasteiger partial charge < -0.3 is 20.3 Å². The van der Waals surface area contributed by atoms with Crippen molar-refractivity contribution in [2.24, 2.45) is 10.4 Å². The molecule has 7 heteroatoms. The maximum atomic E-state index is 11.7. The van der Waals surface area contributed by atoms with E-state index < -0.39 is 0 Å². The molecule has 0 spiro atoms. The molecule has 0 aromatic rings. The molecule has 0 unspecified atom stereocenters. The molecule has 24 heavy (non-hydrogen) atoms. The maximum absolute atomic E-state index is 11.7. The molecule has 1 fully saturated rings. The molecule has 2 N–H and O–H groups in total. The number of ether oxygens (including phenoxy) is 1. The number of hydrogen-bond acceptors (Lipinski definition) is 3. The van der Waals surface area contributed by atoms with Crippen LogP contribution in [0, 0.1) is 5.41 Å². The van der Waals surface area contributed by atoms with Gasteiger partial charge in [-0.15, -0.1) is 24.0 Å². The molecule has 6 nitrogen and oxygen atoms in total. The fourth-order valence-electron chi connectivity index (χ4n) is 2.94. The Morgan fingerprint density at radius 1 is 1.25 bits per heavy atom. The Bertz CT molecular complexity index is 383. The van der Waals surface area contributed by atoms with Crippen LogP contribution in [-0.2, 0) is 9.53 Å². The molecule has 0 atom stereocenters. The summed E-state index contributed by atoms with van der Waals surface area (Å²) in [4.78, 5) is 17.7. The number of nitrogens with one attached hydrogen (secondary N) is 2. The van der Waals surface area contributed by atoms with Crippen molar-refractivity contribution in [3.05, 3.63) is 0 Å². The fraction of sp³-hybridized carbons (Fsp3) is 0.882. The topological polar surface area (TPSA) is 66.0 Å². The molecule has 0 heterocycles. The number of halogens is 1. The summed E-state index contributed by atoms with van der Waals surface area (Å²) >= 11 is 0. The number of carbonyl (C=O) groups excluding carboxylic acids is 1. The molecule has 0 aliphatic heterocycles. The van der Waals surface area contributed by atoms with Crippen molar-refractivity contribution in [3.63, 3.8) is 0 Å². The number of nitrogens with zero attached hydrogens (tertiary/aromatic N) is 2. The van der Waals surface area contributed by atoms with Crippen LogP contribution in [-0.4, -0.2) is 64.2 Å². The van der Waals surface area contributed by atoms with Crippen molar-refractivity contribution < 1.29 is 9.53 Å². The minimum atomic E-state index is 0. The highest BCUT2D eigenvalue weighted by molar-refractivity contribution is 14.0. The summed E-state index contributed by atoms with van der Waals surface area (Å²) in [5.74, 6) is 0.753. The molecule has 1 aliphatic carbocycles. The Kier molecular flexibility index (Phi) is 12.4. The number of methoxy groups -OCH3 is 1. The van der Waals surface area contributed by atoms with E-state index in [-0.39, 0.29) is 36.4 Å². The second kappa shape index (κ2) is 12.7. The van der Waals surface area contributed by atoms with Crippen molar-refractivity contribution in [1.29, 1.82) is 0 Å². The highest BCUT2D eigenvalue weighted by Crippen LogP contribution is 2.40. The van der Waals surface area contributed by atoms with E-state index in [1.165, 1.54) is 25.7 Å².